The van der Waals surface area contributed by atoms with E-state index >= 15 is 0 Å². The number of amides is 1. The maximum Gasteiger partial charge on any atom is 0.409 e. The topological polar surface area (TPSA) is 62.2 Å². The van der Waals surface area contributed by atoms with Crippen LogP contribution in [0.25, 0.3) is 11.1 Å². The fraction of sp³-hybridized carbons (Fsp3) is 0.552. The van der Waals surface area contributed by atoms with Gasteiger partial charge in [0.15, 0.2) is 0 Å². The Morgan fingerprint density at radius 3 is 2.46 bits per heavy atom. The molecule has 1 unspecified atom stereocenters. The summed E-state index contributed by atoms with van der Waals surface area (Å²) in [5.74, 6) is 0.974. The molecule has 2 saturated heterocycles. The summed E-state index contributed by atoms with van der Waals surface area (Å²) in [7, 11) is 0. The molecule has 2 aromatic rings. The average molecular weight is 479 g/mol. The van der Waals surface area contributed by atoms with Gasteiger partial charge in [-0.05, 0) is 46.2 Å². The summed E-state index contributed by atoms with van der Waals surface area (Å²) in [6.45, 7) is 10.6. The van der Waals surface area contributed by atoms with Crippen LogP contribution in [-0.4, -0.2) is 65.5 Å². The minimum atomic E-state index is -0.216. The minimum Gasteiger partial charge on any atom is -0.487 e. The molecule has 2 aromatic carbocycles. The molecule has 6 heteroatoms. The first-order valence-electron chi connectivity index (χ1n) is 12.9. The van der Waals surface area contributed by atoms with Crippen LogP contribution >= 0.6 is 0 Å². The van der Waals surface area contributed by atoms with Gasteiger partial charge in [-0.1, -0.05) is 51.1 Å². The van der Waals surface area contributed by atoms with E-state index in [1.165, 1.54) is 22.3 Å². The highest BCUT2D eigenvalue weighted by Gasteiger charge is 2.43. The lowest BCUT2D eigenvalue weighted by Crippen LogP contribution is -2.49. The maximum atomic E-state index is 12.5. The molecule has 0 radical (unpaired) electrons. The van der Waals surface area contributed by atoms with Gasteiger partial charge in [0.1, 0.15) is 11.4 Å². The highest BCUT2D eigenvalue weighted by Crippen LogP contribution is 2.42. The number of carbonyl (C=O) groups is 1. The SMILES string of the molecule is CC(C)(C)COC(=O)N1CCC2(CC1)Cc1cc(-c3ccc(CN4CCC(O)C4)cc3)ccc1O2. The second-order valence-electron chi connectivity index (χ2n) is 11.8. The lowest BCUT2D eigenvalue weighted by atomic mass is 9.86. The highest BCUT2D eigenvalue weighted by molar-refractivity contribution is 5.68. The van der Waals surface area contributed by atoms with E-state index in [0.717, 1.165) is 51.1 Å². The molecule has 3 aliphatic rings. The Balaban J connectivity index is 1.18. The van der Waals surface area contributed by atoms with Crippen LogP contribution < -0.4 is 4.74 Å². The van der Waals surface area contributed by atoms with Gasteiger partial charge in [-0.15, -0.1) is 0 Å². The Kier molecular flexibility index (Phi) is 6.53. The van der Waals surface area contributed by atoms with Gasteiger partial charge in [0.05, 0.1) is 12.7 Å². The van der Waals surface area contributed by atoms with Crippen LogP contribution in [0, 0.1) is 5.41 Å². The third-order valence-corrected chi connectivity index (χ3v) is 7.40. The van der Waals surface area contributed by atoms with Crippen molar-refractivity contribution < 1.29 is 19.4 Å². The lowest BCUT2D eigenvalue weighted by Gasteiger charge is -2.38. The number of rotatable bonds is 4. The quantitative estimate of drug-likeness (QED) is 0.679. The third kappa shape index (κ3) is 5.65. The zero-order valence-corrected chi connectivity index (χ0v) is 21.3. The number of aliphatic hydroxyl groups excluding tert-OH is 1. The van der Waals surface area contributed by atoms with E-state index in [9.17, 15) is 9.90 Å². The number of carbonyl (C=O) groups excluding carboxylic acids is 1. The van der Waals surface area contributed by atoms with Crippen molar-refractivity contribution in [2.75, 3.05) is 32.8 Å². The van der Waals surface area contributed by atoms with E-state index in [-0.39, 0.29) is 23.2 Å². The van der Waals surface area contributed by atoms with Gasteiger partial charge in [-0.3, -0.25) is 4.90 Å². The molecule has 1 N–H and O–H groups in total. The molecule has 3 aliphatic heterocycles. The summed E-state index contributed by atoms with van der Waals surface area (Å²) in [6, 6.07) is 15.3. The first kappa shape index (κ1) is 24.1. The summed E-state index contributed by atoms with van der Waals surface area (Å²) < 4.78 is 12.0. The molecule has 0 bridgehead atoms. The van der Waals surface area contributed by atoms with Crippen LogP contribution in [0.1, 0.15) is 51.2 Å². The molecule has 1 spiro atoms. The number of ether oxygens (including phenoxy) is 2. The average Bonchev–Trinajstić information content (AvgIpc) is 3.39. The van der Waals surface area contributed by atoms with Crippen molar-refractivity contribution >= 4 is 6.09 Å². The van der Waals surface area contributed by atoms with Crippen molar-refractivity contribution in [2.45, 2.75) is 64.7 Å². The number of fused-ring (bicyclic) bond motifs is 1. The number of hydrogen-bond acceptors (Lipinski definition) is 5. The van der Waals surface area contributed by atoms with Crippen molar-refractivity contribution in [3.8, 4) is 16.9 Å². The molecule has 1 amide bonds. The van der Waals surface area contributed by atoms with Crippen molar-refractivity contribution in [3.05, 3.63) is 53.6 Å². The normalized spacial score (nSPS) is 21.7. The zero-order chi connectivity index (χ0) is 24.6. The van der Waals surface area contributed by atoms with Gasteiger partial charge < -0.3 is 19.5 Å². The van der Waals surface area contributed by atoms with Gasteiger partial charge in [0.2, 0.25) is 0 Å². The zero-order valence-electron chi connectivity index (χ0n) is 21.3. The predicted molar refractivity (Wildman–Crippen MR) is 136 cm³/mol. The number of benzene rings is 2. The van der Waals surface area contributed by atoms with E-state index < -0.39 is 0 Å². The van der Waals surface area contributed by atoms with E-state index in [4.69, 9.17) is 9.47 Å². The third-order valence-electron chi connectivity index (χ3n) is 7.40. The number of aliphatic hydroxyl groups is 1. The van der Waals surface area contributed by atoms with Gasteiger partial charge in [0.25, 0.3) is 0 Å². The largest absolute Gasteiger partial charge is 0.487 e. The van der Waals surface area contributed by atoms with Crippen LogP contribution in [0.5, 0.6) is 5.75 Å². The first-order valence-corrected chi connectivity index (χ1v) is 12.9. The molecule has 0 aromatic heterocycles. The molecular formula is C29H38N2O4. The van der Waals surface area contributed by atoms with Crippen molar-refractivity contribution in [1.29, 1.82) is 0 Å². The van der Waals surface area contributed by atoms with Gasteiger partial charge in [0, 0.05) is 52.0 Å². The summed E-state index contributed by atoms with van der Waals surface area (Å²) >= 11 is 0. The first-order chi connectivity index (χ1) is 16.7. The number of hydrogen-bond donors (Lipinski definition) is 1. The van der Waals surface area contributed by atoms with E-state index in [2.05, 4.69) is 68.1 Å². The van der Waals surface area contributed by atoms with Gasteiger partial charge in [-0.2, -0.15) is 0 Å². The molecule has 0 saturated carbocycles. The molecule has 2 fully saturated rings. The molecule has 1 atom stereocenters. The van der Waals surface area contributed by atoms with Gasteiger partial charge in [-0.25, -0.2) is 4.79 Å². The Bertz CT molecular complexity index is 1050. The molecular weight excluding hydrogens is 440 g/mol. The molecule has 188 valence electrons. The molecule has 5 rings (SSSR count). The Hall–Kier alpha value is -2.57. The molecule has 0 aliphatic carbocycles. The molecule has 6 nitrogen and oxygen atoms in total. The highest BCUT2D eigenvalue weighted by atomic mass is 16.6. The number of nitrogens with zero attached hydrogens (tertiary/aromatic N) is 2. The van der Waals surface area contributed by atoms with Crippen molar-refractivity contribution in [3.63, 3.8) is 0 Å². The van der Waals surface area contributed by atoms with Crippen LogP contribution in [-0.2, 0) is 17.7 Å². The van der Waals surface area contributed by atoms with Gasteiger partial charge >= 0.3 is 6.09 Å². The summed E-state index contributed by atoms with van der Waals surface area (Å²) in [6.07, 6.45) is 3.01. The number of likely N-dealkylation sites (tertiary alicyclic amines) is 2. The number of piperidine rings is 1. The summed E-state index contributed by atoms with van der Waals surface area (Å²) in [4.78, 5) is 16.6. The second kappa shape index (κ2) is 9.47. The standard InChI is InChI=1S/C29H38N2O4/c1-28(2,3)20-34-27(33)31-14-11-29(12-15-31)17-24-16-23(8-9-26(24)35-29)22-6-4-21(5-7-22)18-30-13-10-25(32)19-30/h4-9,16,25,32H,10-15,17-20H2,1-3H3. The fourth-order valence-corrected chi connectivity index (χ4v) is 5.37. The lowest BCUT2D eigenvalue weighted by molar-refractivity contribution is 0.00956. The Labute approximate surface area is 208 Å². The van der Waals surface area contributed by atoms with Crippen LogP contribution in [0.15, 0.2) is 42.5 Å². The number of β-amino-alcohol motifs (C(OH)–C–C–N with tert-alkyl or cyclic N) is 1. The predicted octanol–water partition coefficient (Wildman–Crippen LogP) is 4.87. The van der Waals surface area contributed by atoms with Crippen LogP contribution in [0.3, 0.4) is 0 Å². The molecule has 3 heterocycles. The minimum absolute atomic E-state index is 0.0294. The Morgan fingerprint density at radius 1 is 1.09 bits per heavy atom. The van der Waals surface area contributed by atoms with Crippen LogP contribution in [0.4, 0.5) is 4.79 Å². The molecule has 35 heavy (non-hydrogen) atoms. The van der Waals surface area contributed by atoms with Crippen LogP contribution in [0.2, 0.25) is 0 Å². The fourth-order valence-electron chi connectivity index (χ4n) is 5.37. The smallest absolute Gasteiger partial charge is 0.409 e. The van der Waals surface area contributed by atoms with E-state index in [1.54, 1.807) is 0 Å². The van der Waals surface area contributed by atoms with E-state index in [1.807, 2.05) is 4.90 Å². The maximum absolute atomic E-state index is 12.5. The summed E-state index contributed by atoms with van der Waals surface area (Å²) in [5, 5.41) is 9.75. The summed E-state index contributed by atoms with van der Waals surface area (Å²) in [5.41, 5.74) is 4.69. The van der Waals surface area contributed by atoms with E-state index in [0.29, 0.717) is 19.7 Å². The van der Waals surface area contributed by atoms with Crippen molar-refractivity contribution in [2.24, 2.45) is 5.41 Å². The van der Waals surface area contributed by atoms with Crippen molar-refractivity contribution in [1.82, 2.24) is 9.80 Å². The monoisotopic (exact) mass is 478 g/mol. The Morgan fingerprint density at radius 2 is 1.80 bits per heavy atom. The second-order valence-corrected chi connectivity index (χ2v) is 11.8.